The van der Waals surface area contributed by atoms with E-state index in [0.717, 1.165) is 24.4 Å². The van der Waals surface area contributed by atoms with Crippen LogP contribution < -0.4 is 0 Å². The van der Waals surface area contributed by atoms with E-state index < -0.39 is 0 Å². The van der Waals surface area contributed by atoms with Crippen LogP contribution in [0.25, 0.3) is 0 Å². The molecule has 3 saturated carbocycles. The Morgan fingerprint density at radius 1 is 1.23 bits per heavy atom. The van der Waals surface area contributed by atoms with E-state index in [0.29, 0.717) is 0 Å². The summed E-state index contributed by atoms with van der Waals surface area (Å²) in [5.41, 5.74) is 1.37. The normalized spacial score (nSPS) is 40.2. The molecule has 0 aliphatic heterocycles. The molecule has 0 aromatic heterocycles. The van der Waals surface area contributed by atoms with Crippen molar-refractivity contribution < 1.29 is 4.84 Å². The molecule has 72 valence electrons. The molecule has 2 unspecified atom stereocenters. The fourth-order valence-electron chi connectivity index (χ4n) is 2.65. The second-order valence-electron chi connectivity index (χ2n) is 4.90. The number of nitrogens with zero attached hydrogens (tertiary/aromatic N) is 1. The first-order valence-corrected chi connectivity index (χ1v) is 5.60. The zero-order valence-electron chi connectivity index (χ0n) is 8.04. The van der Waals surface area contributed by atoms with Crippen molar-refractivity contribution in [3.05, 3.63) is 0 Å². The van der Waals surface area contributed by atoms with Gasteiger partial charge in [0.15, 0.2) is 0 Å². The minimum atomic E-state index is 0.796. The predicted molar refractivity (Wildman–Crippen MR) is 51.6 cm³/mol. The summed E-state index contributed by atoms with van der Waals surface area (Å²) in [6.45, 7) is 0.876. The summed E-state index contributed by atoms with van der Waals surface area (Å²) in [6, 6.07) is 0. The monoisotopic (exact) mass is 179 g/mol. The molecule has 0 radical (unpaired) electrons. The van der Waals surface area contributed by atoms with Crippen molar-refractivity contribution in [2.24, 2.45) is 22.9 Å². The highest BCUT2D eigenvalue weighted by Crippen LogP contribution is 2.42. The van der Waals surface area contributed by atoms with Gasteiger partial charge in [-0.05, 0) is 50.4 Å². The van der Waals surface area contributed by atoms with Gasteiger partial charge in [-0.25, -0.2) is 0 Å². The highest BCUT2D eigenvalue weighted by atomic mass is 16.6. The molecule has 3 rings (SSSR count). The van der Waals surface area contributed by atoms with Crippen LogP contribution >= 0.6 is 0 Å². The molecule has 0 heterocycles. The van der Waals surface area contributed by atoms with Crippen molar-refractivity contribution in [2.45, 2.75) is 38.5 Å². The Bertz CT molecular complexity index is 232. The largest absolute Gasteiger partial charge is 0.396 e. The SMILES string of the molecule is C1CC1CO/N=C1/CC2CCC1C2. The number of oxime groups is 1. The molecular formula is C11H17NO. The van der Waals surface area contributed by atoms with E-state index in [9.17, 15) is 0 Å². The minimum Gasteiger partial charge on any atom is -0.396 e. The van der Waals surface area contributed by atoms with Crippen LogP contribution in [0, 0.1) is 17.8 Å². The summed E-state index contributed by atoms with van der Waals surface area (Å²) >= 11 is 0. The van der Waals surface area contributed by atoms with Gasteiger partial charge in [0.05, 0.1) is 5.71 Å². The Kier molecular flexibility index (Phi) is 1.81. The van der Waals surface area contributed by atoms with Gasteiger partial charge in [-0.15, -0.1) is 0 Å². The Labute approximate surface area is 79.3 Å². The van der Waals surface area contributed by atoms with Gasteiger partial charge in [0, 0.05) is 5.92 Å². The van der Waals surface area contributed by atoms with Gasteiger partial charge in [0.1, 0.15) is 6.61 Å². The average Bonchev–Trinajstić information content (AvgIpc) is 2.74. The van der Waals surface area contributed by atoms with E-state index in [2.05, 4.69) is 5.16 Å². The summed E-state index contributed by atoms with van der Waals surface area (Å²) in [5, 5.41) is 4.30. The fraction of sp³-hybridized carbons (Fsp3) is 0.909. The first-order chi connectivity index (χ1) is 6.42. The molecule has 0 spiro atoms. The lowest BCUT2D eigenvalue weighted by Gasteiger charge is -2.10. The van der Waals surface area contributed by atoms with Gasteiger partial charge in [-0.1, -0.05) is 5.16 Å². The minimum absolute atomic E-state index is 0.796. The van der Waals surface area contributed by atoms with Crippen LogP contribution in [0.5, 0.6) is 0 Å². The van der Waals surface area contributed by atoms with Gasteiger partial charge in [-0.3, -0.25) is 0 Å². The molecule has 0 amide bonds. The maximum absolute atomic E-state index is 5.38. The van der Waals surface area contributed by atoms with Crippen molar-refractivity contribution >= 4 is 5.71 Å². The second-order valence-corrected chi connectivity index (χ2v) is 4.90. The van der Waals surface area contributed by atoms with E-state index in [4.69, 9.17) is 4.84 Å². The Hall–Kier alpha value is -0.530. The van der Waals surface area contributed by atoms with Gasteiger partial charge in [0.2, 0.25) is 0 Å². The lowest BCUT2D eigenvalue weighted by atomic mass is 9.99. The first kappa shape index (κ1) is 7.84. The summed E-state index contributed by atoms with van der Waals surface area (Å²) < 4.78 is 0. The first-order valence-electron chi connectivity index (χ1n) is 5.60. The van der Waals surface area contributed by atoms with Crippen molar-refractivity contribution in [3.63, 3.8) is 0 Å². The maximum atomic E-state index is 5.38. The third-order valence-electron chi connectivity index (χ3n) is 3.70. The van der Waals surface area contributed by atoms with E-state index in [1.165, 1.54) is 44.2 Å². The highest BCUT2D eigenvalue weighted by molar-refractivity contribution is 5.89. The van der Waals surface area contributed by atoms with Crippen molar-refractivity contribution in [1.29, 1.82) is 0 Å². The third-order valence-corrected chi connectivity index (χ3v) is 3.70. The van der Waals surface area contributed by atoms with E-state index in [1.807, 2.05) is 0 Å². The highest BCUT2D eigenvalue weighted by Gasteiger charge is 2.37. The van der Waals surface area contributed by atoms with Crippen LogP contribution in [-0.4, -0.2) is 12.3 Å². The number of hydrogen-bond donors (Lipinski definition) is 0. The van der Waals surface area contributed by atoms with E-state index in [-0.39, 0.29) is 0 Å². The molecule has 2 heteroatoms. The molecule has 0 aromatic rings. The molecule has 2 bridgehead atoms. The molecule has 3 aliphatic rings. The molecule has 13 heavy (non-hydrogen) atoms. The molecular weight excluding hydrogens is 162 g/mol. The Balaban J connectivity index is 1.52. The topological polar surface area (TPSA) is 21.6 Å². The second kappa shape index (κ2) is 3.00. The third kappa shape index (κ3) is 1.59. The zero-order chi connectivity index (χ0) is 8.67. The van der Waals surface area contributed by atoms with Crippen LogP contribution in [0.1, 0.15) is 38.5 Å². The lowest BCUT2D eigenvalue weighted by molar-refractivity contribution is 0.132. The molecule has 0 aromatic carbocycles. The predicted octanol–water partition coefficient (Wildman–Crippen LogP) is 2.59. The van der Waals surface area contributed by atoms with Crippen LogP contribution in [0.3, 0.4) is 0 Å². The van der Waals surface area contributed by atoms with Crippen molar-refractivity contribution in [2.75, 3.05) is 6.61 Å². The zero-order valence-corrected chi connectivity index (χ0v) is 8.04. The van der Waals surface area contributed by atoms with Crippen LogP contribution in [0.4, 0.5) is 0 Å². The van der Waals surface area contributed by atoms with Gasteiger partial charge < -0.3 is 4.84 Å². The summed E-state index contributed by atoms with van der Waals surface area (Å²) in [7, 11) is 0. The summed E-state index contributed by atoms with van der Waals surface area (Å²) in [5.74, 6) is 2.58. The molecule has 3 aliphatic carbocycles. The molecule has 0 N–H and O–H groups in total. The van der Waals surface area contributed by atoms with E-state index in [1.54, 1.807) is 0 Å². The van der Waals surface area contributed by atoms with E-state index >= 15 is 0 Å². The molecule has 3 fully saturated rings. The number of fused-ring (bicyclic) bond motifs is 2. The van der Waals surface area contributed by atoms with Gasteiger partial charge in [0.25, 0.3) is 0 Å². The lowest BCUT2D eigenvalue weighted by Crippen LogP contribution is -2.10. The average molecular weight is 179 g/mol. The van der Waals surface area contributed by atoms with Crippen LogP contribution in [0.2, 0.25) is 0 Å². The fourth-order valence-corrected chi connectivity index (χ4v) is 2.65. The number of hydrogen-bond acceptors (Lipinski definition) is 2. The molecule has 0 saturated heterocycles. The Morgan fingerprint density at radius 2 is 2.15 bits per heavy atom. The van der Waals surface area contributed by atoms with Crippen molar-refractivity contribution in [1.82, 2.24) is 0 Å². The summed E-state index contributed by atoms with van der Waals surface area (Å²) in [4.78, 5) is 5.38. The Morgan fingerprint density at radius 3 is 2.77 bits per heavy atom. The number of rotatable bonds is 3. The van der Waals surface area contributed by atoms with Gasteiger partial charge >= 0.3 is 0 Å². The molecule has 2 nitrogen and oxygen atoms in total. The van der Waals surface area contributed by atoms with Crippen molar-refractivity contribution in [3.8, 4) is 0 Å². The van der Waals surface area contributed by atoms with Gasteiger partial charge in [-0.2, -0.15) is 0 Å². The van der Waals surface area contributed by atoms with Crippen LogP contribution in [-0.2, 0) is 4.84 Å². The van der Waals surface area contributed by atoms with Crippen LogP contribution in [0.15, 0.2) is 5.16 Å². The molecule has 2 atom stereocenters. The standard InChI is InChI=1S/C11H17NO/c1-2-8(1)7-13-12-11-6-9-3-4-10(11)5-9/h8-10H,1-7H2/b12-11-. The quantitative estimate of drug-likeness (QED) is 0.610. The maximum Gasteiger partial charge on any atom is 0.120 e. The smallest absolute Gasteiger partial charge is 0.120 e. The summed E-state index contributed by atoms with van der Waals surface area (Å²) in [6.07, 6.45) is 8.15.